The Bertz CT molecular complexity index is 763. The predicted molar refractivity (Wildman–Crippen MR) is 106 cm³/mol. The van der Waals surface area contributed by atoms with Gasteiger partial charge in [0.2, 0.25) is 0 Å². The molecule has 1 heterocycles. The Morgan fingerprint density at radius 2 is 1.85 bits per heavy atom. The summed E-state index contributed by atoms with van der Waals surface area (Å²) < 4.78 is 18.7. The second kappa shape index (κ2) is 9.65. The van der Waals surface area contributed by atoms with Crippen LogP contribution < -0.4 is 5.43 Å². The van der Waals surface area contributed by atoms with Crippen LogP contribution in [0.5, 0.6) is 0 Å². The quantitative estimate of drug-likeness (QED) is 0.731. The first kappa shape index (κ1) is 19.5. The first-order valence-corrected chi connectivity index (χ1v) is 9.32. The van der Waals surface area contributed by atoms with Crippen molar-refractivity contribution >= 4 is 0 Å². The third-order valence-electron chi connectivity index (χ3n) is 4.68. The largest absolute Gasteiger partial charge is 0.384 e. The van der Waals surface area contributed by atoms with Crippen molar-refractivity contribution in [2.75, 3.05) is 33.9 Å². The van der Waals surface area contributed by atoms with Gasteiger partial charge in [0, 0.05) is 45.4 Å². The average molecular weight is 369 g/mol. The van der Waals surface area contributed by atoms with E-state index in [2.05, 4.69) is 46.6 Å². The van der Waals surface area contributed by atoms with Crippen LogP contribution in [0.15, 0.2) is 65.9 Å². The number of nitrogens with zero attached hydrogens (tertiary/aromatic N) is 2. The minimum atomic E-state index is -0.183. The van der Waals surface area contributed by atoms with Gasteiger partial charge in [-0.1, -0.05) is 42.5 Å². The number of nitrogens with one attached hydrogen (secondary N) is 1. The van der Waals surface area contributed by atoms with Crippen molar-refractivity contribution in [1.29, 1.82) is 0 Å². The molecule has 0 aliphatic carbocycles. The maximum Gasteiger partial charge on any atom is 0.123 e. The molecule has 144 valence electrons. The Balaban J connectivity index is 1.62. The molecule has 2 aromatic carbocycles. The lowest BCUT2D eigenvalue weighted by molar-refractivity contribution is 0.192. The molecule has 1 N–H and O–H groups in total. The summed E-state index contributed by atoms with van der Waals surface area (Å²) in [5.41, 5.74) is 8.42. The van der Waals surface area contributed by atoms with Crippen LogP contribution in [0.25, 0.3) is 0 Å². The molecule has 0 fully saturated rings. The lowest BCUT2D eigenvalue weighted by Crippen LogP contribution is -2.32. The van der Waals surface area contributed by atoms with E-state index in [0.717, 1.165) is 38.2 Å². The van der Waals surface area contributed by atoms with E-state index in [1.165, 1.54) is 22.9 Å². The maximum atomic E-state index is 13.4. The molecule has 0 unspecified atom stereocenters. The number of halogens is 1. The fraction of sp³-hybridized carbons (Fsp3) is 0.364. The van der Waals surface area contributed by atoms with Crippen LogP contribution in [0.1, 0.15) is 17.5 Å². The normalized spacial score (nSPS) is 14.8. The highest BCUT2D eigenvalue weighted by atomic mass is 19.1. The molecule has 0 atom stereocenters. The number of hydrazine groups is 1. The van der Waals surface area contributed by atoms with Crippen LogP contribution in [-0.4, -0.2) is 43.8 Å². The summed E-state index contributed by atoms with van der Waals surface area (Å²) in [5.74, 6) is -0.183. The summed E-state index contributed by atoms with van der Waals surface area (Å²) in [6.45, 7) is 3.99. The van der Waals surface area contributed by atoms with Crippen LogP contribution in [0.4, 0.5) is 4.39 Å². The summed E-state index contributed by atoms with van der Waals surface area (Å²) in [4.78, 5) is 2.23. The van der Waals surface area contributed by atoms with E-state index in [-0.39, 0.29) is 5.82 Å². The molecule has 4 nitrogen and oxygen atoms in total. The molecule has 1 aliphatic heterocycles. The third-order valence-corrected chi connectivity index (χ3v) is 4.68. The lowest BCUT2D eigenvalue weighted by Gasteiger charge is -2.19. The van der Waals surface area contributed by atoms with Crippen molar-refractivity contribution in [3.63, 3.8) is 0 Å². The van der Waals surface area contributed by atoms with Gasteiger partial charge in [0.1, 0.15) is 5.82 Å². The van der Waals surface area contributed by atoms with Crippen molar-refractivity contribution in [3.8, 4) is 0 Å². The molecule has 5 heteroatoms. The minimum Gasteiger partial charge on any atom is -0.384 e. The van der Waals surface area contributed by atoms with Crippen molar-refractivity contribution in [2.24, 2.45) is 0 Å². The summed E-state index contributed by atoms with van der Waals surface area (Å²) in [7, 11) is 3.80. The Morgan fingerprint density at radius 1 is 1.07 bits per heavy atom. The molecular formula is C22H28FN3O. The molecule has 1 aliphatic rings. The fourth-order valence-electron chi connectivity index (χ4n) is 3.45. The molecule has 27 heavy (non-hydrogen) atoms. The van der Waals surface area contributed by atoms with E-state index in [1.807, 2.05) is 12.1 Å². The number of benzene rings is 2. The van der Waals surface area contributed by atoms with E-state index in [9.17, 15) is 4.39 Å². The number of rotatable bonds is 9. The van der Waals surface area contributed by atoms with Crippen molar-refractivity contribution in [2.45, 2.75) is 19.5 Å². The Hall–Kier alpha value is -2.21. The number of methoxy groups -OCH3 is 1. The molecular weight excluding hydrogens is 341 g/mol. The van der Waals surface area contributed by atoms with Gasteiger partial charge in [0.25, 0.3) is 0 Å². The van der Waals surface area contributed by atoms with E-state index >= 15 is 0 Å². The van der Waals surface area contributed by atoms with E-state index < -0.39 is 0 Å². The van der Waals surface area contributed by atoms with E-state index in [0.29, 0.717) is 6.61 Å². The minimum absolute atomic E-state index is 0.183. The molecule has 0 spiro atoms. The van der Waals surface area contributed by atoms with Gasteiger partial charge in [-0.25, -0.2) is 9.40 Å². The first-order chi connectivity index (χ1) is 13.1. The van der Waals surface area contributed by atoms with Gasteiger partial charge < -0.3 is 10.2 Å². The van der Waals surface area contributed by atoms with Crippen molar-refractivity contribution in [3.05, 3.63) is 82.8 Å². The molecule has 0 saturated heterocycles. The second-order valence-electron chi connectivity index (χ2n) is 7.08. The number of hydrogen-bond donors (Lipinski definition) is 1. The van der Waals surface area contributed by atoms with Gasteiger partial charge in [0.15, 0.2) is 0 Å². The smallest absolute Gasteiger partial charge is 0.123 e. The van der Waals surface area contributed by atoms with Gasteiger partial charge in [-0.15, -0.1) is 0 Å². The summed E-state index contributed by atoms with van der Waals surface area (Å²) in [6, 6.07) is 17.3. The monoisotopic (exact) mass is 369 g/mol. The van der Waals surface area contributed by atoms with Crippen molar-refractivity contribution < 1.29 is 9.13 Å². The maximum absolute atomic E-state index is 13.4. The zero-order valence-electron chi connectivity index (χ0n) is 16.1. The lowest BCUT2D eigenvalue weighted by atomic mass is 10.1. The summed E-state index contributed by atoms with van der Waals surface area (Å²) >= 11 is 0. The van der Waals surface area contributed by atoms with Gasteiger partial charge in [-0.3, -0.25) is 4.90 Å². The SMILES string of the molecule is COCCC1=C(CN(C)Cc2cccc(F)c2)CN(Cc2ccccc2)N1. The molecule has 3 rings (SSSR count). The molecule has 0 bridgehead atoms. The van der Waals surface area contributed by atoms with Crippen LogP contribution in [-0.2, 0) is 17.8 Å². The molecule has 0 radical (unpaired) electrons. The van der Waals surface area contributed by atoms with Gasteiger partial charge in [-0.05, 0) is 35.9 Å². The highest BCUT2D eigenvalue weighted by Gasteiger charge is 2.22. The standard InChI is InChI=1S/C22H28FN3O/c1-25(14-19-9-6-10-21(23)13-19)16-20-17-26(24-22(20)11-12-27-2)15-18-7-4-3-5-8-18/h3-10,13,24H,11-12,14-17H2,1-2H3. The topological polar surface area (TPSA) is 27.7 Å². The zero-order chi connectivity index (χ0) is 19.1. The van der Waals surface area contributed by atoms with Gasteiger partial charge in [-0.2, -0.15) is 0 Å². The van der Waals surface area contributed by atoms with Crippen LogP contribution in [0.3, 0.4) is 0 Å². The summed E-state index contributed by atoms with van der Waals surface area (Å²) in [6.07, 6.45) is 0.866. The van der Waals surface area contributed by atoms with Crippen LogP contribution in [0, 0.1) is 5.82 Å². The number of ether oxygens (including phenoxy) is 1. The predicted octanol–water partition coefficient (Wildman–Crippen LogP) is 3.57. The Morgan fingerprint density at radius 3 is 2.59 bits per heavy atom. The molecule has 0 saturated carbocycles. The third kappa shape index (κ3) is 5.89. The molecule has 0 aromatic heterocycles. The second-order valence-corrected chi connectivity index (χ2v) is 7.08. The average Bonchev–Trinajstić information content (AvgIpc) is 3.01. The van der Waals surface area contributed by atoms with Gasteiger partial charge >= 0.3 is 0 Å². The van der Waals surface area contributed by atoms with Gasteiger partial charge in [0.05, 0.1) is 6.61 Å². The molecule has 0 amide bonds. The van der Waals surface area contributed by atoms with E-state index in [4.69, 9.17) is 4.74 Å². The fourth-order valence-corrected chi connectivity index (χ4v) is 3.45. The van der Waals surface area contributed by atoms with E-state index in [1.54, 1.807) is 19.2 Å². The first-order valence-electron chi connectivity index (χ1n) is 9.32. The zero-order valence-corrected chi connectivity index (χ0v) is 16.1. The Labute approximate surface area is 161 Å². The highest BCUT2D eigenvalue weighted by Crippen LogP contribution is 2.19. The van der Waals surface area contributed by atoms with Crippen LogP contribution in [0.2, 0.25) is 0 Å². The number of likely N-dealkylation sites (N-methyl/N-ethyl adjacent to an activating group) is 1. The summed E-state index contributed by atoms with van der Waals surface area (Å²) in [5, 5.41) is 2.24. The van der Waals surface area contributed by atoms with Crippen LogP contribution >= 0.6 is 0 Å². The molecule has 2 aromatic rings. The van der Waals surface area contributed by atoms with Crippen molar-refractivity contribution in [1.82, 2.24) is 15.3 Å². The number of hydrogen-bond acceptors (Lipinski definition) is 4. The highest BCUT2D eigenvalue weighted by molar-refractivity contribution is 5.23. The Kier molecular flexibility index (Phi) is 6.98.